The summed E-state index contributed by atoms with van der Waals surface area (Å²) >= 11 is 3.76. The molecule has 0 nitrogen and oxygen atoms in total. The predicted octanol–water partition coefficient (Wildman–Crippen LogP) is 5.11. The van der Waals surface area contributed by atoms with Gasteiger partial charge in [-0.2, -0.15) is 0 Å². The molecular weight excluding hydrogens is 303 g/mol. The van der Waals surface area contributed by atoms with Crippen molar-refractivity contribution >= 4 is 15.9 Å². The standard InChI is InChI=1S/C17H16BrF/c1-11-9-15(19)7-8-16(11)17(18)14-6-5-12-3-2-4-13(12)10-14/h5-10,17H,2-4H2,1H3. The van der Waals surface area contributed by atoms with Crippen LogP contribution in [0.2, 0.25) is 0 Å². The fourth-order valence-corrected chi connectivity index (χ4v) is 3.65. The number of hydrogen-bond acceptors (Lipinski definition) is 0. The van der Waals surface area contributed by atoms with Gasteiger partial charge in [0, 0.05) is 0 Å². The normalized spacial score (nSPS) is 15.3. The Balaban J connectivity index is 1.97. The van der Waals surface area contributed by atoms with Crippen LogP contribution in [-0.4, -0.2) is 0 Å². The molecule has 0 heterocycles. The first-order chi connectivity index (χ1) is 9.15. The van der Waals surface area contributed by atoms with Crippen molar-refractivity contribution < 1.29 is 4.39 Å². The highest BCUT2D eigenvalue weighted by molar-refractivity contribution is 9.09. The van der Waals surface area contributed by atoms with Crippen molar-refractivity contribution in [2.75, 3.05) is 0 Å². The lowest BCUT2D eigenvalue weighted by molar-refractivity contribution is 0.626. The van der Waals surface area contributed by atoms with E-state index in [2.05, 4.69) is 34.1 Å². The minimum Gasteiger partial charge on any atom is -0.207 e. The van der Waals surface area contributed by atoms with E-state index in [-0.39, 0.29) is 10.6 Å². The van der Waals surface area contributed by atoms with Crippen LogP contribution in [0.5, 0.6) is 0 Å². The Kier molecular flexibility index (Phi) is 3.44. The van der Waals surface area contributed by atoms with Gasteiger partial charge < -0.3 is 0 Å². The minimum absolute atomic E-state index is 0.138. The Bertz CT molecular complexity index is 619. The van der Waals surface area contributed by atoms with Gasteiger partial charge in [-0.25, -0.2) is 4.39 Å². The summed E-state index contributed by atoms with van der Waals surface area (Å²) < 4.78 is 13.2. The number of alkyl halides is 1. The van der Waals surface area contributed by atoms with Gasteiger partial charge in [0.05, 0.1) is 4.83 Å². The third-order valence-corrected chi connectivity index (χ3v) is 4.94. The lowest BCUT2D eigenvalue weighted by Crippen LogP contribution is -1.98. The largest absolute Gasteiger partial charge is 0.207 e. The van der Waals surface area contributed by atoms with Crippen molar-refractivity contribution in [2.45, 2.75) is 31.0 Å². The maximum absolute atomic E-state index is 13.2. The molecule has 1 atom stereocenters. The molecule has 0 saturated carbocycles. The van der Waals surface area contributed by atoms with Crippen molar-refractivity contribution in [1.82, 2.24) is 0 Å². The van der Waals surface area contributed by atoms with Crippen LogP contribution in [0, 0.1) is 12.7 Å². The second-order valence-corrected chi connectivity index (χ2v) is 6.16. The van der Waals surface area contributed by atoms with Crippen molar-refractivity contribution in [1.29, 1.82) is 0 Å². The summed E-state index contributed by atoms with van der Waals surface area (Å²) in [6, 6.07) is 11.7. The van der Waals surface area contributed by atoms with E-state index in [1.807, 2.05) is 13.0 Å². The molecule has 19 heavy (non-hydrogen) atoms. The van der Waals surface area contributed by atoms with Crippen LogP contribution < -0.4 is 0 Å². The van der Waals surface area contributed by atoms with Gasteiger partial charge in [0.2, 0.25) is 0 Å². The second kappa shape index (κ2) is 5.09. The second-order valence-electron chi connectivity index (χ2n) is 5.25. The van der Waals surface area contributed by atoms with E-state index >= 15 is 0 Å². The lowest BCUT2D eigenvalue weighted by Gasteiger charge is -2.15. The zero-order valence-corrected chi connectivity index (χ0v) is 12.5. The highest BCUT2D eigenvalue weighted by atomic mass is 79.9. The Labute approximate surface area is 121 Å². The zero-order valence-electron chi connectivity index (χ0n) is 10.9. The SMILES string of the molecule is Cc1cc(F)ccc1C(Br)c1ccc2c(c1)CCC2. The molecule has 1 aliphatic rings. The van der Waals surface area contributed by atoms with Crippen LogP contribution in [0.25, 0.3) is 0 Å². The van der Waals surface area contributed by atoms with Crippen LogP contribution >= 0.6 is 15.9 Å². The summed E-state index contributed by atoms with van der Waals surface area (Å²) in [5.41, 5.74) is 6.35. The first-order valence-corrected chi connectivity index (χ1v) is 7.58. The Morgan fingerprint density at radius 3 is 2.63 bits per heavy atom. The van der Waals surface area contributed by atoms with E-state index in [0.717, 1.165) is 11.1 Å². The van der Waals surface area contributed by atoms with Gasteiger partial charge in [0.15, 0.2) is 0 Å². The Hall–Kier alpha value is -1.15. The molecule has 3 rings (SSSR count). The highest BCUT2D eigenvalue weighted by Gasteiger charge is 2.17. The van der Waals surface area contributed by atoms with Crippen molar-refractivity contribution in [2.24, 2.45) is 0 Å². The predicted molar refractivity (Wildman–Crippen MR) is 80.4 cm³/mol. The molecule has 0 saturated heterocycles. The number of rotatable bonds is 2. The molecule has 98 valence electrons. The molecule has 0 bridgehead atoms. The Morgan fingerprint density at radius 1 is 1.05 bits per heavy atom. The number of benzene rings is 2. The Morgan fingerprint density at radius 2 is 1.84 bits per heavy atom. The molecule has 1 aliphatic carbocycles. The third kappa shape index (κ3) is 2.46. The first-order valence-electron chi connectivity index (χ1n) is 6.67. The van der Waals surface area contributed by atoms with E-state index < -0.39 is 0 Å². The number of aryl methyl sites for hydroxylation is 3. The summed E-state index contributed by atoms with van der Waals surface area (Å²) in [7, 11) is 0. The lowest BCUT2D eigenvalue weighted by atomic mass is 9.97. The maximum Gasteiger partial charge on any atom is 0.123 e. The van der Waals surface area contributed by atoms with Crippen LogP contribution in [0.3, 0.4) is 0 Å². The molecule has 0 aromatic heterocycles. The van der Waals surface area contributed by atoms with Gasteiger partial charge >= 0.3 is 0 Å². The van der Waals surface area contributed by atoms with Gasteiger partial charge in [0.25, 0.3) is 0 Å². The molecule has 0 spiro atoms. The van der Waals surface area contributed by atoms with E-state index in [1.54, 1.807) is 6.07 Å². The average Bonchev–Trinajstić information content (AvgIpc) is 2.85. The number of halogens is 2. The highest BCUT2D eigenvalue weighted by Crippen LogP contribution is 2.35. The molecule has 0 radical (unpaired) electrons. The summed E-state index contributed by atoms with van der Waals surface area (Å²) in [5.74, 6) is -0.171. The molecule has 2 heteroatoms. The monoisotopic (exact) mass is 318 g/mol. The molecule has 0 N–H and O–H groups in total. The number of hydrogen-bond donors (Lipinski definition) is 0. The van der Waals surface area contributed by atoms with Gasteiger partial charge in [-0.15, -0.1) is 0 Å². The van der Waals surface area contributed by atoms with Gasteiger partial charge in [-0.3, -0.25) is 0 Å². The van der Waals surface area contributed by atoms with Crippen LogP contribution in [0.15, 0.2) is 36.4 Å². The van der Waals surface area contributed by atoms with Gasteiger partial charge in [0.1, 0.15) is 5.82 Å². The minimum atomic E-state index is -0.171. The van der Waals surface area contributed by atoms with E-state index in [4.69, 9.17) is 0 Å². The molecule has 0 aliphatic heterocycles. The van der Waals surface area contributed by atoms with Crippen LogP contribution in [-0.2, 0) is 12.8 Å². The molecule has 0 amide bonds. The fourth-order valence-electron chi connectivity index (χ4n) is 2.85. The quantitative estimate of drug-likeness (QED) is 0.675. The molecule has 1 unspecified atom stereocenters. The summed E-state index contributed by atoms with van der Waals surface area (Å²) in [5, 5.41) is 0. The smallest absolute Gasteiger partial charge is 0.123 e. The van der Waals surface area contributed by atoms with Gasteiger partial charge in [-0.05, 0) is 66.1 Å². The average molecular weight is 319 g/mol. The third-order valence-electron chi connectivity index (χ3n) is 3.92. The van der Waals surface area contributed by atoms with E-state index in [0.29, 0.717) is 0 Å². The molecule has 2 aromatic carbocycles. The van der Waals surface area contributed by atoms with E-state index in [1.165, 1.54) is 42.0 Å². The fraction of sp³-hybridized carbons (Fsp3) is 0.294. The molecule has 2 aromatic rings. The zero-order chi connectivity index (χ0) is 13.4. The first kappa shape index (κ1) is 12.9. The van der Waals surface area contributed by atoms with Crippen LogP contribution in [0.1, 0.15) is 39.1 Å². The van der Waals surface area contributed by atoms with Crippen molar-refractivity contribution in [3.05, 3.63) is 70.0 Å². The van der Waals surface area contributed by atoms with Gasteiger partial charge in [-0.1, -0.05) is 40.2 Å². The maximum atomic E-state index is 13.2. The summed E-state index contributed by atoms with van der Waals surface area (Å²) in [6.07, 6.45) is 3.66. The van der Waals surface area contributed by atoms with E-state index in [9.17, 15) is 4.39 Å². The van der Waals surface area contributed by atoms with Crippen LogP contribution in [0.4, 0.5) is 4.39 Å². The molecule has 0 fully saturated rings. The van der Waals surface area contributed by atoms with Crippen molar-refractivity contribution in [3.8, 4) is 0 Å². The topological polar surface area (TPSA) is 0 Å². The summed E-state index contributed by atoms with van der Waals surface area (Å²) in [4.78, 5) is 0.138. The summed E-state index contributed by atoms with van der Waals surface area (Å²) in [6.45, 7) is 1.96. The number of fused-ring (bicyclic) bond motifs is 1. The molecular formula is C17H16BrF. The van der Waals surface area contributed by atoms with Crippen molar-refractivity contribution in [3.63, 3.8) is 0 Å².